The molecule has 7 nitrogen and oxygen atoms in total. The summed E-state index contributed by atoms with van der Waals surface area (Å²) >= 11 is 0. The van der Waals surface area contributed by atoms with Crippen LogP contribution >= 0.6 is 0 Å². The molecule has 8 heteroatoms. The number of ether oxygens (including phenoxy) is 2. The second-order valence-electron chi connectivity index (χ2n) is 5.55. The zero-order chi connectivity index (χ0) is 19.2. The minimum Gasteiger partial charge on any atom is -0.482 e. The van der Waals surface area contributed by atoms with Gasteiger partial charge in [-0.1, -0.05) is 5.16 Å². The lowest BCUT2D eigenvalue weighted by molar-refractivity contribution is -0.148. The third-order valence-electron chi connectivity index (χ3n) is 3.54. The average Bonchev–Trinajstić information content (AvgIpc) is 3.14. The first-order chi connectivity index (χ1) is 13.0. The zero-order valence-corrected chi connectivity index (χ0v) is 14.3. The Morgan fingerprint density at radius 1 is 1.07 bits per heavy atom. The Morgan fingerprint density at radius 2 is 1.78 bits per heavy atom. The standard InChI is InChI=1S/C19H15FN2O5/c1-12(23)13-4-8-16(9-5-13)25-11-18(24)26-10-17-21-19(22-27-17)14-2-6-15(20)7-3-14/h2-9H,10-11H2,1H3. The van der Waals surface area contributed by atoms with Crippen molar-refractivity contribution in [1.29, 1.82) is 0 Å². The summed E-state index contributed by atoms with van der Waals surface area (Å²) in [6.45, 7) is 0.949. The molecule has 0 aliphatic heterocycles. The maximum absolute atomic E-state index is 12.9. The van der Waals surface area contributed by atoms with Gasteiger partial charge < -0.3 is 14.0 Å². The first kappa shape index (κ1) is 18.2. The average molecular weight is 370 g/mol. The molecule has 0 bridgehead atoms. The maximum Gasteiger partial charge on any atom is 0.344 e. The van der Waals surface area contributed by atoms with Crippen molar-refractivity contribution in [2.75, 3.05) is 6.61 Å². The number of carbonyl (C=O) groups is 2. The number of Topliss-reactive ketones (excluding diaryl/α,β-unsaturated/α-hetero) is 1. The summed E-state index contributed by atoms with van der Waals surface area (Å²) in [4.78, 5) is 27.0. The molecule has 0 spiro atoms. The van der Waals surface area contributed by atoms with Gasteiger partial charge in [0.15, 0.2) is 19.0 Å². The van der Waals surface area contributed by atoms with E-state index in [0.717, 1.165) is 0 Å². The van der Waals surface area contributed by atoms with E-state index in [1.807, 2.05) is 0 Å². The highest BCUT2D eigenvalue weighted by Gasteiger charge is 2.12. The molecule has 0 aliphatic rings. The number of benzene rings is 2. The van der Waals surface area contributed by atoms with Crippen LogP contribution in [0.5, 0.6) is 5.75 Å². The van der Waals surface area contributed by atoms with Crippen molar-refractivity contribution in [1.82, 2.24) is 10.1 Å². The highest BCUT2D eigenvalue weighted by molar-refractivity contribution is 5.94. The highest BCUT2D eigenvalue weighted by atomic mass is 19.1. The number of nitrogens with zero attached hydrogens (tertiary/aromatic N) is 2. The van der Waals surface area contributed by atoms with Crippen molar-refractivity contribution < 1.29 is 28.0 Å². The molecule has 0 amide bonds. The smallest absolute Gasteiger partial charge is 0.344 e. The van der Waals surface area contributed by atoms with E-state index in [0.29, 0.717) is 16.9 Å². The maximum atomic E-state index is 12.9. The normalized spacial score (nSPS) is 10.4. The predicted molar refractivity (Wildman–Crippen MR) is 91.4 cm³/mol. The summed E-state index contributed by atoms with van der Waals surface area (Å²) in [6.07, 6.45) is 0. The monoisotopic (exact) mass is 370 g/mol. The lowest BCUT2D eigenvalue weighted by atomic mass is 10.1. The number of halogens is 1. The summed E-state index contributed by atoms with van der Waals surface area (Å²) in [5.74, 6) is -0.232. The van der Waals surface area contributed by atoms with Gasteiger partial charge in [-0.3, -0.25) is 4.79 Å². The van der Waals surface area contributed by atoms with E-state index in [1.165, 1.54) is 31.2 Å². The van der Waals surface area contributed by atoms with E-state index in [4.69, 9.17) is 14.0 Å². The molecule has 0 saturated heterocycles. The Balaban J connectivity index is 1.48. The van der Waals surface area contributed by atoms with E-state index in [2.05, 4.69) is 10.1 Å². The first-order valence-corrected chi connectivity index (χ1v) is 7.99. The fourth-order valence-electron chi connectivity index (χ4n) is 2.14. The lowest BCUT2D eigenvalue weighted by Crippen LogP contribution is -2.14. The molecule has 0 unspecified atom stereocenters. The Morgan fingerprint density at radius 3 is 2.44 bits per heavy atom. The van der Waals surface area contributed by atoms with Crippen molar-refractivity contribution in [2.24, 2.45) is 0 Å². The second kappa shape index (κ2) is 8.22. The first-order valence-electron chi connectivity index (χ1n) is 7.99. The summed E-state index contributed by atoms with van der Waals surface area (Å²) in [6, 6.07) is 12.0. The van der Waals surface area contributed by atoms with Crippen molar-refractivity contribution in [3.8, 4) is 17.1 Å². The summed E-state index contributed by atoms with van der Waals surface area (Å²) in [7, 11) is 0. The summed E-state index contributed by atoms with van der Waals surface area (Å²) in [5, 5.41) is 3.75. The van der Waals surface area contributed by atoms with Gasteiger partial charge in [-0.15, -0.1) is 0 Å². The number of aromatic nitrogens is 2. The predicted octanol–water partition coefficient (Wildman–Crippen LogP) is 3.20. The van der Waals surface area contributed by atoms with Gasteiger partial charge in [0.2, 0.25) is 5.82 Å². The molecule has 0 radical (unpaired) electrons. The molecule has 0 saturated carbocycles. The number of esters is 1. The molecule has 1 heterocycles. The molecule has 0 fully saturated rings. The van der Waals surface area contributed by atoms with E-state index in [-0.39, 0.29) is 36.5 Å². The molecule has 0 atom stereocenters. The Labute approximate surface area is 153 Å². The highest BCUT2D eigenvalue weighted by Crippen LogP contribution is 2.16. The van der Waals surface area contributed by atoms with E-state index in [9.17, 15) is 14.0 Å². The number of carbonyl (C=O) groups excluding carboxylic acids is 2. The molecule has 3 aromatic rings. The van der Waals surface area contributed by atoms with E-state index >= 15 is 0 Å². The molecule has 2 aromatic carbocycles. The fourth-order valence-corrected chi connectivity index (χ4v) is 2.14. The second-order valence-corrected chi connectivity index (χ2v) is 5.55. The van der Waals surface area contributed by atoms with Crippen LogP contribution in [0.3, 0.4) is 0 Å². The molecule has 0 aliphatic carbocycles. The topological polar surface area (TPSA) is 91.5 Å². The number of ketones is 1. The van der Waals surface area contributed by atoms with E-state index in [1.54, 1.807) is 24.3 Å². The van der Waals surface area contributed by atoms with Gasteiger partial charge in [0.25, 0.3) is 5.89 Å². The van der Waals surface area contributed by atoms with Gasteiger partial charge in [0.05, 0.1) is 0 Å². The van der Waals surface area contributed by atoms with Crippen LogP contribution in [-0.4, -0.2) is 28.5 Å². The van der Waals surface area contributed by atoms with Crippen molar-refractivity contribution in [3.63, 3.8) is 0 Å². The van der Waals surface area contributed by atoms with Crippen LogP contribution in [0.25, 0.3) is 11.4 Å². The lowest BCUT2D eigenvalue weighted by Gasteiger charge is -2.06. The molecule has 0 N–H and O–H groups in total. The number of rotatable bonds is 7. The van der Waals surface area contributed by atoms with Gasteiger partial charge >= 0.3 is 5.97 Å². The molecule has 3 rings (SSSR count). The van der Waals surface area contributed by atoms with Crippen molar-refractivity contribution >= 4 is 11.8 Å². The van der Waals surface area contributed by atoms with Crippen LogP contribution in [0.1, 0.15) is 23.2 Å². The van der Waals surface area contributed by atoms with Crippen LogP contribution in [0, 0.1) is 5.82 Å². The van der Waals surface area contributed by atoms with Gasteiger partial charge in [0.1, 0.15) is 11.6 Å². The minimum atomic E-state index is -0.618. The Kier molecular flexibility index (Phi) is 5.55. The largest absolute Gasteiger partial charge is 0.482 e. The summed E-state index contributed by atoms with van der Waals surface area (Å²) in [5.41, 5.74) is 1.13. The number of hydrogen-bond donors (Lipinski definition) is 0. The van der Waals surface area contributed by atoms with Crippen LogP contribution in [-0.2, 0) is 16.1 Å². The minimum absolute atomic E-state index is 0.0551. The fraction of sp³-hybridized carbons (Fsp3) is 0.158. The molecule has 138 valence electrons. The van der Waals surface area contributed by atoms with Gasteiger partial charge in [-0.25, -0.2) is 9.18 Å². The van der Waals surface area contributed by atoms with Gasteiger partial charge in [-0.2, -0.15) is 4.98 Å². The van der Waals surface area contributed by atoms with Crippen LogP contribution < -0.4 is 4.74 Å². The zero-order valence-electron chi connectivity index (χ0n) is 14.3. The van der Waals surface area contributed by atoms with E-state index < -0.39 is 5.97 Å². The SMILES string of the molecule is CC(=O)c1ccc(OCC(=O)OCc2nc(-c3ccc(F)cc3)no2)cc1. The van der Waals surface area contributed by atoms with Crippen molar-refractivity contribution in [3.05, 3.63) is 65.8 Å². The summed E-state index contributed by atoms with van der Waals surface area (Å²) < 4.78 is 28.2. The Bertz CT molecular complexity index is 935. The van der Waals surface area contributed by atoms with Crippen LogP contribution in [0.2, 0.25) is 0 Å². The Hall–Kier alpha value is -3.55. The molecule has 1 aromatic heterocycles. The molecular formula is C19H15FN2O5. The number of hydrogen-bond acceptors (Lipinski definition) is 7. The van der Waals surface area contributed by atoms with Crippen LogP contribution in [0.15, 0.2) is 53.1 Å². The van der Waals surface area contributed by atoms with Gasteiger partial charge in [0, 0.05) is 11.1 Å². The third kappa shape index (κ3) is 4.97. The van der Waals surface area contributed by atoms with Gasteiger partial charge in [-0.05, 0) is 55.5 Å². The van der Waals surface area contributed by atoms with Crippen LogP contribution in [0.4, 0.5) is 4.39 Å². The molecular weight excluding hydrogens is 355 g/mol. The molecule has 27 heavy (non-hydrogen) atoms. The van der Waals surface area contributed by atoms with Crippen molar-refractivity contribution in [2.45, 2.75) is 13.5 Å². The third-order valence-corrected chi connectivity index (χ3v) is 3.54. The quantitative estimate of drug-likeness (QED) is 0.466.